The Hall–Kier alpha value is -0.0400. The summed E-state index contributed by atoms with van der Waals surface area (Å²) in [5.74, 6) is 0. The minimum absolute atomic E-state index is 0.580. The third kappa shape index (κ3) is 7.96. The second kappa shape index (κ2) is 7.07. The molecule has 0 rings (SSSR count). The third-order valence-corrected chi connectivity index (χ3v) is 1.64. The van der Waals surface area contributed by atoms with Crippen molar-refractivity contribution in [1.82, 2.24) is 0 Å². The lowest BCUT2D eigenvalue weighted by molar-refractivity contribution is 0.290. The first-order valence-corrected chi connectivity index (χ1v) is 4.28. The summed E-state index contributed by atoms with van der Waals surface area (Å²) in [6.07, 6.45) is 7.85. The molecule has 1 N–H and O–H groups in total. The van der Waals surface area contributed by atoms with E-state index in [2.05, 4.69) is 6.92 Å². The zero-order chi connectivity index (χ0) is 7.82. The van der Waals surface area contributed by atoms with E-state index in [4.69, 9.17) is 5.11 Å². The Labute approximate surface area is 64.5 Å². The monoisotopic (exact) mass is 143 g/mol. The molecule has 1 nitrogen and oxygen atoms in total. The van der Waals surface area contributed by atoms with Gasteiger partial charge in [-0.15, -0.1) is 0 Å². The lowest BCUT2D eigenvalue weighted by Crippen LogP contribution is -1.88. The van der Waals surface area contributed by atoms with Crippen molar-refractivity contribution in [1.29, 1.82) is 0 Å². The molecule has 0 aliphatic carbocycles. The molecule has 0 unspecified atom stereocenters. The summed E-state index contributed by atoms with van der Waals surface area (Å²) in [5.41, 5.74) is 0. The number of aliphatic hydroxyl groups is 1. The molecule has 0 aliphatic rings. The SMILES string of the molecule is CCCCCCC[C](C)O. The van der Waals surface area contributed by atoms with Crippen LogP contribution in [0.1, 0.15) is 52.4 Å². The second-order valence-electron chi connectivity index (χ2n) is 2.90. The zero-order valence-corrected chi connectivity index (χ0v) is 7.19. The Morgan fingerprint density at radius 3 is 2.20 bits per heavy atom. The van der Waals surface area contributed by atoms with Gasteiger partial charge in [0.25, 0.3) is 0 Å². The summed E-state index contributed by atoms with van der Waals surface area (Å²) < 4.78 is 0. The quantitative estimate of drug-likeness (QED) is 0.566. The van der Waals surface area contributed by atoms with Gasteiger partial charge in [0, 0.05) is 0 Å². The Bertz CT molecular complexity index is 59.7. The number of rotatable bonds is 6. The fourth-order valence-electron chi connectivity index (χ4n) is 0.984. The molecule has 0 saturated carbocycles. The minimum atomic E-state index is 0.580. The van der Waals surface area contributed by atoms with Crippen molar-refractivity contribution in [3.8, 4) is 0 Å². The number of hydrogen-bond acceptors (Lipinski definition) is 1. The maximum atomic E-state index is 8.83. The fourth-order valence-corrected chi connectivity index (χ4v) is 0.984. The molecular weight excluding hydrogens is 124 g/mol. The third-order valence-electron chi connectivity index (χ3n) is 1.64. The summed E-state index contributed by atoms with van der Waals surface area (Å²) in [6.45, 7) is 3.99. The van der Waals surface area contributed by atoms with Crippen LogP contribution in [0.4, 0.5) is 0 Å². The first-order valence-electron chi connectivity index (χ1n) is 4.28. The van der Waals surface area contributed by atoms with Crippen LogP contribution in [0.2, 0.25) is 0 Å². The maximum Gasteiger partial charge on any atom is 0.0902 e. The molecule has 0 amide bonds. The largest absolute Gasteiger partial charge is 0.387 e. The van der Waals surface area contributed by atoms with Crippen molar-refractivity contribution in [3.05, 3.63) is 6.10 Å². The molecule has 0 atom stereocenters. The standard InChI is InChI=1S/C9H19O/c1-3-4-5-6-7-8-9(2)10/h10H,3-8H2,1-2H3. The molecule has 0 fully saturated rings. The molecule has 1 heteroatoms. The van der Waals surface area contributed by atoms with E-state index in [0.717, 1.165) is 12.8 Å². The maximum absolute atomic E-state index is 8.83. The lowest BCUT2D eigenvalue weighted by atomic mass is 10.1. The highest BCUT2D eigenvalue weighted by molar-refractivity contribution is 4.65. The molecule has 0 spiro atoms. The van der Waals surface area contributed by atoms with Gasteiger partial charge in [0.2, 0.25) is 0 Å². The minimum Gasteiger partial charge on any atom is -0.387 e. The van der Waals surface area contributed by atoms with E-state index < -0.39 is 0 Å². The van der Waals surface area contributed by atoms with Crippen LogP contribution in [0.25, 0.3) is 0 Å². The molecule has 1 radical (unpaired) electrons. The van der Waals surface area contributed by atoms with Gasteiger partial charge in [-0.05, 0) is 13.3 Å². The van der Waals surface area contributed by atoms with Gasteiger partial charge in [-0.25, -0.2) is 0 Å². The molecule has 0 saturated heterocycles. The van der Waals surface area contributed by atoms with Gasteiger partial charge in [-0.2, -0.15) is 0 Å². The van der Waals surface area contributed by atoms with E-state index in [1.165, 1.54) is 25.7 Å². The van der Waals surface area contributed by atoms with Crippen LogP contribution in [0.5, 0.6) is 0 Å². The normalized spacial score (nSPS) is 10.8. The highest BCUT2D eigenvalue weighted by Crippen LogP contribution is 2.09. The van der Waals surface area contributed by atoms with Gasteiger partial charge in [0.05, 0.1) is 6.10 Å². The summed E-state index contributed by atoms with van der Waals surface area (Å²) >= 11 is 0. The Balaban J connectivity index is 2.77. The Kier molecular flexibility index (Phi) is 7.04. The van der Waals surface area contributed by atoms with Crippen molar-refractivity contribution in [2.45, 2.75) is 52.4 Å². The second-order valence-corrected chi connectivity index (χ2v) is 2.90. The molecule has 0 aromatic heterocycles. The van der Waals surface area contributed by atoms with Crippen LogP contribution in [-0.4, -0.2) is 5.11 Å². The van der Waals surface area contributed by atoms with Crippen molar-refractivity contribution in [2.75, 3.05) is 0 Å². The van der Waals surface area contributed by atoms with Crippen LogP contribution in [-0.2, 0) is 0 Å². The smallest absolute Gasteiger partial charge is 0.0902 e. The van der Waals surface area contributed by atoms with Gasteiger partial charge in [0.15, 0.2) is 0 Å². The molecule has 10 heavy (non-hydrogen) atoms. The summed E-state index contributed by atoms with van der Waals surface area (Å²) in [7, 11) is 0. The van der Waals surface area contributed by atoms with E-state index in [0.29, 0.717) is 6.10 Å². The number of unbranched alkanes of at least 4 members (excludes halogenated alkanes) is 4. The van der Waals surface area contributed by atoms with Crippen LogP contribution in [0.3, 0.4) is 0 Å². The fraction of sp³-hybridized carbons (Fsp3) is 0.889. The Morgan fingerprint density at radius 1 is 1.10 bits per heavy atom. The van der Waals surface area contributed by atoms with E-state index in [-0.39, 0.29) is 0 Å². The van der Waals surface area contributed by atoms with E-state index in [1.807, 2.05) is 0 Å². The average molecular weight is 143 g/mol. The van der Waals surface area contributed by atoms with Crippen LogP contribution in [0, 0.1) is 6.10 Å². The van der Waals surface area contributed by atoms with Gasteiger partial charge in [-0.1, -0.05) is 39.0 Å². The van der Waals surface area contributed by atoms with Gasteiger partial charge in [-0.3, -0.25) is 0 Å². The summed E-state index contributed by atoms with van der Waals surface area (Å²) in [5, 5.41) is 8.83. The topological polar surface area (TPSA) is 20.2 Å². The highest BCUT2D eigenvalue weighted by atomic mass is 16.3. The lowest BCUT2D eigenvalue weighted by Gasteiger charge is -2.01. The van der Waals surface area contributed by atoms with Gasteiger partial charge < -0.3 is 5.11 Å². The van der Waals surface area contributed by atoms with Crippen molar-refractivity contribution < 1.29 is 5.11 Å². The number of hydrogen-bond donors (Lipinski definition) is 1. The molecule has 61 valence electrons. The molecule has 0 aromatic carbocycles. The van der Waals surface area contributed by atoms with Crippen molar-refractivity contribution >= 4 is 0 Å². The van der Waals surface area contributed by atoms with Gasteiger partial charge in [0.1, 0.15) is 0 Å². The molecular formula is C9H19O. The van der Waals surface area contributed by atoms with Crippen molar-refractivity contribution in [2.24, 2.45) is 0 Å². The average Bonchev–Trinajstić information content (AvgIpc) is 1.87. The number of aliphatic hydroxyl groups excluding tert-OH is 1. The Morgan fingerprint density at radius 2 is 1.70 bits per heavy atom. The van der Waals surface area contributed by atoms with E-state index >= 15 is 0 Å². The van der Waals surface area contributed by atoms with Gasteiger partial charge >= 0.3 is 0 Å². The van der Waals surface area contributed by atoms with Crippen LogP contribution < -0.4 is 0 Å². The summed E-state index contributed by atoms with van der Waals surface area (Å²) in [4.78, 5) is 0. The first-order chi connectivity index (χ1) is 4.77. The van der Waals surface area contributed by atoms with E-state index in [9.17, 15) is 0 Å². The summed E-state index contributed by atoms with van der Waals surface area (Å²) in [6, 6.07) is 0. The van der Waals surface area contributed by atoms with Crippen LogP contribution >= 0.6 is 0 Å². The molecule has 0 bridgehead atoms. The predicted molar refractivity (Wildman–Crippen MR) is 44.2 cm³/mol. The molecule has 0 aromatic rings. The highest BCUT2D eigenvalue weighted by Gasteiger charge is 1.95. The zero-order valence-electron chi connectivity index (χ0n) is 7.19. The predicted octanol–water partition coefficient (Wildman–Crippen LogP) is 3.27. The van der Waals surface area contributed by atoms with Crippen molar-refractivity contribution in [3.63, 3.8) is 0 Å². The van der Waals surface area contributed by atoms with E-state index in [1.54, 1.807) is 6.92 Å². The first kappa shape index (κ1) is 9.96. The molecule has 0 aliphatic heterocycles. The van der Waals surface area contributed by atoms with Crippen LogP contribution in [0.15, 0.2) is 0 Å². The molecule has 0 heterocycles.